The summed E-state index contributed by atoms with van der Waals surface area (Å²) < 4.78 is 1.91. The number of hydrogen-bond acceptors (Lipinski definition) is 4. The van der Waals surface area contributed by atoms with Crippen molar-refractivity contribution in [3.05, 3.63) is 56.7 Å². The molecule has 1 aromatic heterocycles. The first-order valence-corrected chi connectivity index (χ1v) is 8.53. The number of fused-ring (bicyclic) bond motifs is 6. The molecule has 4 rings (SSSR count). The van der Waals surface area contributed by atoms with Gasteiger partial charge < -0.3 is 0 Å². The lowest BCUT2D eigenvalue weighted by molar-refractivity contribution is 1.21. The summed E-state index contributed by atoms with van der Waals surface area (Å²) in [6, 6.07) is 15.7. The first-order valence-electron chi connectivity index (χ1n) is 6.95. The summed E-state index contributed by atoms with van der Waals surface area (Å²) >= 11 is 7.02. The van der Waals surface area contributed by atoms with Gasteiger partial charge in [0.1, 0.15) is 12.1 Å². The highest BCUT2D eigenvalue weighted by atomic mass is 79.9. The molecule has 0 saturated carbocycles. The summed E-state index contributed by atoms with van der Waals surface area (Å²) in [6.45, 7) is 0. The van der Waals surface area contributed by atoms with E-state index in [1.54, 1.807) is 0 Å². The maximum atomic E-state index is 9.26. The van der Waals surface area contributed by atoms with Crippen LogP contribution < -0.4 is 0 Å². The summed E-state index contributed by atoms with van der Waals surface area (Å²) in [4.78, 5) is 8.84. The van der Waals surface area contributed by atoms with E-state index in [9.17, 15) is 10.5 Å². The van der Waals surface area contributed by atoms with Crippen molar-refractivity contribution in [1.29, 1.82) is 10.5 Å². The molecule has 0 amide bonds. The molecule has 6 heteroatoms. The average Bonchev–Trinajstić information content (AvgIpc) is 2.60. The maximum Gasteiger partial charge on any atom is 0.177 e. The molecule has 112 valence electrons. The highest BCUT2D eigenvalue weighted by Gasteiger charge is 2.15. The molecule has 1 heterocycles. The predicted octanol–water partition coefficient (Wildman–Crippen LogP) is 5.20. The maximum absolute atomic E-state index is 9.26. The Hall–Kier alpha value is -2.54. The first kappa shape index (κ1) is 15.0. The van der Waals surface area contributed by atoms with Gasteiger partial charge in [-0.25, -0.2) is 9.97 Å². The smallest absolute Gasteiger partial charge is 0.177 e. The molecule has 0 aliphatic rings. The van der Waals surface area contributed by atoms with E-state index in [-0.39, 0.29) is 11.4 Å². The fourth-order valence-corrected chi connectivity index (χ4v) is 3.58. The lowest BCUT2D eigenvalue weighted by Crippen LogP contribution is -1.97. The van der Waals surface area contributed by atoms with Crippen LogP contribution in [0.25, 0.3) is 32.6 Å². The van der Waals surface area contributed by atoms with Gasteiger partial charge in [0.15, 0.2) is 11.4 Å². The van der Waals surface area contributed by atoms with E-state index in [1.165, 1.54) is 0 Å². The van der Waals surface area contributed by atoms with E-state index >= 15 is 0 Å². The molecule has 0 unspecified atom stereocenters. The Balaban J connectivity index is 2.37. The normalized spacial score (nSPS) is 10.8. The third-order valence-corrected chi connectivity index (χ3v) is 4.86. The van der Waals surface area contributed by atoms with Crippen LogP contribution in [0.15, 0.2) is 45.3 Å². The highest BCUT2D eigenvalue weighted by molar-refractivity contribution is 9.10. The third-order valence-electron chi connectivity index (χ3n) is 3.87. The number of aromatic nitrogens is 2. The van der Waals surface area contributed by atoms with Crippen LogP contribution in [-0.2, 0) is 0 Å². The number of halogens is 2. The van der Waals surface area contributed by atoms with Crippen molar-refractivity contribution in [3.63, 3.8) is 0 Å². The predicted molar refractivity (Wildman–Crippen MR) is 99.4 cm³/mol. The van der Waals surface area contributed by atoms with Crippen LogP contribution in [0.2, 0.25) is 0 Å². The van der Waals surface area contributed by atoms with E-state index in [1.807, 2.05) is 48.5 Å². The van der Waals surface area contributed by atoms with Gasteiger partial charge in [0, 0.05) is 19.7 Å². The number of nitriles is 2. The topological polar surface area (TPSA) is 73.4 Å². The van der Waals surface area contributed by atoms with Crippen molar-refractivity contribution in [2.45, 2.75) is 0 Å². The second-order valence-electron chi connectivity index (χ2n) is 5.22. The van der Waals surface area contributed by atoms with E-state index in [4.69, 9.17) is 0 Å². The van der Waals surface area contributed by atoms with Gasteiger partial charge >= 0.3 is 0 Å². The zero-order valence-electron chi connectivity index (χ0n) is 12.0. The standard InChI is InChI=1S/C18H6Br2N4/c19-9-1-3-11-13(5-9)14-6-10(20)2-4-12(14)18-17(11)23-15(7-21)16(8-22)24-18/h1-6H. The molecule has 0 atom stereocenters. The van der Waals surface area contributed by atoms with Crippen molar-refractivity contribution < 1.29 is 0 Å². The summed E-state index contributed by atoms with van der Waals surface area (Å²) in [5, 5.41) is 22.3. The second-order valence-corrected chi connectivity index (χ2v) is 7.05. The Morgan fingerprint density at radius 1 is 0.667 bits per heavy atom. The molecule has 24 heavy (non-hydrogen) atoms. The molecule has 4 nitrogen and oxygen atoms in total. The Kier molecular flexibility index (Phi) is 3.45. The molecule has 3 aromatic carbocycles. The van der Waals surface area contributed by atoms with Crippen LogP contribution >= 0.6 is 31.9 Å². The van der Waals surface area contributed by atoms with Crippen molar-refractivity contribution in [2.24, 2.45) is 0 Å². The van der Waals surface area contributed by atoms with E-state index < -0.39 is 0 Å². The van der Waals surface area contributed by atoms with Gasteiger partial charge in [-0.1, -0.05) is 44.0 Å². The van der Waals surface area contributed by atoms with Crippen molar-refractivity contribution in [1.82, 2.24) is 9.97 Å². The second kappa shape index (κ2) is 5.52. The minimum Gasteiger partial charge on any atom is -0.232 e. The summed E-state index contributed by atoms with van der Waals surface area (Å²) in [6.07, 6.45) is 0. The largest absolute Gasteiger partial charge is 0.232 e. The minimum absolute atomic E-state index is 0.0469. The Bertz CT molecular complexity index is 1150. The Morgan fingerprint density at radius 3 is 1.46 bits per heavy atom. The molecule has 0 saturated heterocycles. The van der Waals surface area contributed by atoms with Crippen LogP contribution in [0.1, 0.15) is 11.4 Å². The third kappa shape index (κ3) is 2.16. The molecular formula is C18H6Br2N4. The number of hydrogen-bond donors (Lipinski definition) is 0. The molecule has 0 aliphatic carbocycles. The molecule has 0 N–H and O–H groups in total. The van der Waals surface area contributed by atoms with Gasteiger partial charge in [0.25, 0.3) is 0 Å². The highest BCUT2D eigenvalue weighted by Crippen LogP contribution is 2.36. The van der Waals surface area contributed by atoms with E-state index in [0.29, 0.717) is 11.0 Å². The summed E-state index contributed by atoms with van der Waals surface area (Å²) in [7, 11) is 0. The minimum atomic E-state index is 0.0469. The fraction of sp³-hybridized carbons (Fsp3) is 0. The SMILES string of the molecule is N#Cc1nc2c3ccc(Br)cc3c3cc(Br)ccc3c2nc1C#N. The molecular weight excluding hydrogens is 432 g/mol. The van der Waals surface area contributed by atoms with Gasteiger partial charge in [-0.3, -0.25) is 0 Å². The fourth-order valence-electron chi connectivity index (χ4n) is 2.86. The molecule has 0 radical (unpaired) electrons. The van der Waals surface area contributed by atoms with Crippen molar-refractivity contribution in [3.8, 4) is 12.1 Å². The summed E-state index contributed by atoms with van der Waals surface area (Å²) in [5.74, 6) is 0. The summed E-state index contributed by atoms with van der Waals surface area (Å²) in [5.41, 5.74) is 1.35. The zero-order valence-corrected chi connectivity index (χ0v) is 15.2. The van der Waals surface area contributed by atoms with Gasteiger partial charge in [0.05, 0.1) is 11.0 Å². The number of benzene rings is 3. The number of rotatable bonds is 0. The van der Waals surface area contributed by atoms with Crippen LogP contribution in [0.5, 0.6) is 0 Å². The monoisotopic (exact) mass is 436 g/mol. The molecule has 4 aromatic rings. The Labute approximate surface area is 153 Å². The van der Waals surface area contributed by atoms with Crippen LogP contribution in [0, 0.1) is 22.7 Å². The van der Waals surface area contributed by atoms with Gasteiger partial charge in [-0.15, -0.1) is 0 Å². The van der Waals surface area contributed by atoms with Crippen LogP contribution in [-0.4, -0.2) is 9.97 Å². The van der Waals surface area contributed by atoms with Gasteiger partial charge in [0.2, 0.25) is 0 Å². The molecule has 0 fully saturated rings. The van der Waals surface area contributed by atoms with E-state index in [2.05, 4.69) is 41.8 Å². The molecule has 0 spiro atoms. The van der Waals surface area contributed by atoms with E-state index in [0.717, 1.165) is 30.5 Å². The Morgan fingerprint density at radius 2 is 1.08 bits per heavy atom. The zero-order chi connectivity index (χ0) is 16.8. The van der Waals surface area contributed by atoms with Crippen molar-refractivity contribution in [2.75, 3.05) is 0 Å². The quantitative estimate of drug-likeness (QED) is 0.354. The lowest BCUT2D eigenvalue weighted by Gasteiger charge is -2.10. The average molecular weight is 438 g/mol. The lowest BCUT2D eigenvalue weighted by atomic mass is 9.99. The van der Waals surface area contributed by atoms with Gasteiger partial charge in [-0.05, 0) is 35.0 Å². The van der Waals surface area contributed by atoms with Gasteiger partial charge in [-0.2, -0.15) is 10.5 Å². The van der Waals surface area contributed by atoms with Crippen LogP contribution in [0.3, 0.4) is 0 Å². The number of nitrogens with zero attached hydrogens (tertiary/aromatic N) is 4. The molecule has 0 aliphatic heterocycles. The van der Waals surface area contributed by atoms with Crippen molar-refractivity contribution >= 4 is 64.4 Å². The first-order chi connectivity index (χ1) is 11.6. The van der Waals surface area contributed by atoms with Crippen LogP contribution in [0.4, 0.5) is 0 Å². The molecule has 0 bridgehead atoms.